The van der Waals surface area contributed by atoms with Gasteiger partial charge in [-0.2, -0.15) is 0 Å². The highest BCUT2D eigenvalue weighted by Crippen LogP contribution is 2.51. The van der Waals surface area contributed by atoms with Gasteiger partial charge in [0.25, 0.3) is 15.9 Å². The minimum absolute atomic E-state index is 0.0252. The quantitative estimate of drug-likeness (QED) is 0.132. The van der Waals surface area contributed by atoms with E-state index in [1.54, 1.807) is 18.2 Å². The molecule has 1 unspecified atom stereocenters. The fourth-order valence-electron chi connectivity index (χ4n) is 5.63. The second-order valence-corrected chi connectivity index (χ2v) is 25.5. The van der Waals surface area contributed by atoms with Crippen molar-refractivity contribution in [2.75, 3.05) is 6.54 Å². The van der Waals surface area contributed by atoms with E-state index in [1.165, 1.54) is 12.1 Å². The zero-order valence-electron chi connectivity index (χ0n) is 27.4. The number of rotatable bonds is 9. The average Bonchev–Trinajstić information content (AvgIpc) is 2.92. The Morgan fingerprint density at radius 1 is 0.977 bits per heavy atom. The maximum Gasteiger partial charge on any atom is 0.325 e. The van der Waals surface area contributed by atoms with Gasteiger partial charge in [-0.3, -0.25) is 9.59 Å². The van der Waals surface area contributed by atoms with Crippen LogP contribution in [0.25, 0.3) is 0 Å². The summed E-state index contributed by atoms with van der Waals surface area (Å²) in [7, 11) is -9.26. The van der Waals surface area contributed by atoms with Crippen molar-refractivity contribution in [2.45, 2.75) is 95.6 Å². The van der Waals surface area contributed by atoms with Crippen LogP contribution in [0.1, 0.15) is 38.3 Å². The van der Waals surface area contributed by atoms with Crippen molar-refractivity contribution in [3.63, 3.8) is 0 Å². The largest absolute Gasteiger partial charge is 0.460 e. The molecule has 0 bridgehead atoms. The highest BCUT2D eigenvalue weighted by atomic mass is 32.2. The third-order valence-corrected chi connectivity index (χ3v) is 16.2. The number of aryl methyl sites for hydroxylation is 1. The van der Waals surface area contributed by atoms with Crippen LogP contribution in [-0.4, -0.2) is 60.0 Å². The van der Waals surface area contributed by atoms with Crippen LogP contribution in [0.15, 0.2) is 71.6 Å². The van der Waals surface area contributed by atoms with E-state index in [0.29, 0.717) is 6.42 Å². The van der Waals surface area contributed by atoms with Crippen LogP contribution in [0.4, 0.5) is 0 Å². The van der Waals surface area contributed by atoms with Crippen molar-refractivity contribution < 1.29 is 31.6 Å². The van der Waals surface area contributed by atoms with E-state index in [0.717, 1.165) is 15.4 Å². The number of carbonyl (C=O) groups excluding carboxylic acids is 2. The Morgan fingerprint density at radius 3 is 2.16 bits per heavy atom. The molecule has 0 spiro atoms. The number of sulfonamides is 1. The van der Waals surface area contributed by atoms with Crippen LogP contribution in [-0.2, 0) is 39.8 Å². The number of allylic oxidation sites excluding steroid dienone is 1. The number of benzene rings is 2. The van der Waals surface area contributed by atoms with Gasteiger partial charge in [-0.05, 0) is 68.8 Å². The summed E-state index contributed by atoms with van der Waals surface area (Å²) >= 11 is 0. The number of ether oxygens (including phenoxy) is 1. The number of hydrogen-bond donors (Lipinski definition) is 0. The lowest BCUT2D eigenvalue weighted by Gasteiger charge is -2.54. The zero-order valence-corrected chi connectivity index (χ0v) is 30.2. The molecule has 1 heterocycles. The summed E-state index contributed by atoms with van der Waals surface area (Å²) in [6.07, 6.45) is 2.23. The Labute approximate surface area is 265 Å². The maximum absolute atomic E-state index is 14.9. The number of nitrogens with zero attached hydrogens (tertiary/aromatic N) is 1. The first-order valence-corrected chi connectivity index (χ1v) is 22.9. The van der Waals surface area contributed by atoms with Crippen LogP contribution in [0.2, 0.25) is 37.8 Å². The van der Waals surface area contributed by atoms with Gasteiger partial charge in [0.15, 0.2) is 22.0 Å². The molecule has 2 aromatic carbocycles. The van der Waals surface area contributed by atoms with E-state index in [-0.39, 0.29) is 23.1 Å². The van der Waals surface area contributed by atoms with Crippen molar-refractivity contribution in [3.8, 4) is 0 Å². The second kappa shape index (κ2) is 12.3. The van der Waals surface area contributed by atoms with E-state index in [2.05, 4.69) is 33.9 Å². The van der Waals surface area contributed by atoms with Crippen LogP contribution in [0.5, 0.6) is 0 Å². The van der Waals surface area contributed by atoms with Gasteiger partial charge in [-0.15, -0.1) is 0 Å². The fourth-order valence-corrected chi connectivity index (χ4v) is 9.46. The Bertz CT molecular complexity index is 1500. The molecule has 11 heteroatoms. The third-order valence-electron chi connectivity index (χ3n) is 9.00. The lowest BCUT2D eigenvalue weighted by atomic mass is 9.62. The molecule has 1 aliphatic carbocycles. The van der Waals surface area contributed by atoms with Gasteiger partial charge in [-0.1, -0.05) is 81.0 Å². The van der Waals surface area contributed by atoms with Crippen molar-refractivity contribution in [3.05, 3.63) is 77.9 Å². The molecular weight excluding hydrogens is 611 g/mol. The molecule has 2 aromatic rings. The molecule has 44 heavy (non-hydrogen) atoms. The summed E-state index contributed by atoms with van der Waals surface area (Å²) in [6.45, 7) is 18.0. The Kier molecular flexibility index (Phi) is 9.60. The van der Waals surface area contributed by atoms with E-state index in [4.69, 9.17) is 13.6 Å². The van der Waals surface area contributed by atoms with Crippen molar-refractivity contribution in [1.82, 2.24) is 4.31 Å². The first kappa shape index (κ1) is 34.3. The lowest BCUT2D eigenvalue weighted by Crippen LogP contribution is -2.71. The molecule has 240 valence electrons. The molecule has 8 nitrogen and oxygen atoms in total. The molecule has 1 saturated heterocycles. The number of fused-ring (bicyclic) bond motifs is 1. The van der Waals surface area contributed by atoms with Crippen LogP contribution in [0.3, 0.4) is 0 Å². The van der Waals surface area contributed by atoms with Gasteiger partial charge in [0, 0.05) is 5.92 Å². The summed E-state index contributed by atoms with van der Waals surface area (Å²) in [5.41, 5.74) is -0.327. The SMILES string of the molecule is Cc1ccc(S(=O)(=O)N2C[C@@H](O[Si](C)(C)C(C)(C)C)[C@H]3CC=CC(O[Si](C)(C)C)[C@@]3(C(=O)OCc3ccccc3)C2=O)cc1. The van der Waals surface area contributed by atoms with Crippen molar-refractivity contribution >= 4 is 38.5 Å². The van der Waals surface area contributed by atoms with E-state index >= 15 is 0 Å². The topological polar surface area (TPSA) is 99.2 Å². The van der Waals surface area contributed by atoms with Gasteiger partial charge < -0.3 is 13.6 Å². The highest BCUT2D eigenvalue weighted by molar-refractivity contribution is 7.89. The molecule has 2 aliphatic rings. The Balaban J connectivity index is 1.92. The number of carbonyl (C=O) groups is 2. The minimum Gasteiger partial charge on any atom is -0.460 e. The van der Waals surface area contributed by atoms with Crippen LogP contribution < -0.4 is 0 Å². The predicted octanol–water partition coefficient (Wildman–Crippen LogP) is 6.44. The summed E-state index contributed by atoms with van der Waals surface area (Å²) in [4.78, 5) is 29.5. The third kappa shape index (κ3) is 6.67. The Hall–Kier alpha value is -2.58. The van der Waals surface area contributed by atoms with Gasteiger partial charge >= 0.3 is 5.97 Å². The zero-order chi connectivity index (χ0) is 32.7. The number of amides is 1. The normalized spacial score (nSPS) is 24.6. The molecule has 1 amide bonds. The fraction of sp³-hybridized carbons (Fsp3) is 0.515. The minimum atomic E-state index is -4.37. The standard InChI is InChI=1S/C33H47NO7SSi2/c1-24-18-20-26(21-19-24)42(37,38)34-22-28(40-44(8,9)32(2,3)4)27-16-13-17-29(41-43(5,6)7)33(27,30(34)35)31(36)39-23-25-14-11-10-12-15-25/h10-15,17-21,27-29H,16,22-23H2,1-9H3/t27-,28-,29?,33-/m1/s1. The summed E-state index contributed by atoms with van der Waals surface area (Å²) in [5, 5.41) is -0.204. The molecule has 0 radical (unpaired) electrons. The van der Waals surface area contributed by atoms with Gasteiger partial charge in [0.2, 0.25) is 0 Å². The smallest absolute Gasteiger partial charge is 0.325 e. The predicted molar refractivity (Wildman–Crippen MR) is 176 cm³/mol. The molecule has 1 aliphatic heterocycles. The van der Waals surface area contributed by atoms with E-state index in [1.807, 2.05) is 63.0 Å². The van der Waals surface area contributed by atoms with Gasteiger partial charge in [0.05, 0.1) is 23.6 Å². The van der Waals surface area contributed by atoms with Crippen molar-refractivity contribution in [2.24, 2.45) is 11.3 Å². The average molecular weight is 658 g/mol. The van der Waals surface area contributed by atoms with Crippen LogP contribution >= 0.6 is 0 Å². The summed E-state index contributed by atoms with van der Waals surface area (Å²) in [5.74, 6) is -2.32. The molecule has 0 aromatic heterocycles. The number of hydrogen-bond acceptors (Lipinski definition) is 7. The van der Waals surface area contributed by atoms with E-state index in [9.17, 15) is 18.0 Å². The first-order chi connectivity index (χ1) is 20.3. The van der Waals surface area contributed by atoms with E-state index < -0.39 is 62.1 Å². The Morgan fingerprint density at radius 2 is 1.59 bits per heavy atom. The first-order valence-electron chi connectivity index (χ1n) is 15.2. The lowest BCUT2D eigenvalue weighted by molar-refractivity contribution is -0.187. The molecular formula is C33H47NO7SSi2. The second-order valence-electron chi connectivity index (χ2n) is 14.4. The molecule has 1 fully saturated rings. The molecule has 0 N–H and O–H groups in total. The maximum atomic E-state index is 14.9. The number of esters is 1. The highest BCUT2D eigenvalue weighted by Gasteiger charge is 2.68. The van der Waals surface area contributed by atoms with Gasteiger partial charge in [0.1, 0.15) is 6.61 Å². The monoisotopic (exact) mass is 657 g/mol. The van der Waals surface area contributed by atoms with Crippen LogP contribution in [0, 0.1) is 18.3 Å². The molecule has 0 saturated carbocycles. The molecule has 4 rings (SSSR count). The number of piperidine rings is 1. The van der Waals surface area contributed by atoms with Gasteiger partial charge in [-0.25, -0.2) is 12.7 Å². The van der Waals surface area contributed by atoms with Crippen molar-refractivity contribution in [1.29, 1.82) is 0 Å². The summed E-state index contributed by atoms with van der Waals surface area (Å²) < 4.78 is 48.9. The summed E-state index contributed by atoms with van der Waals surface area (Å²) in [6, 6.07) is 15.6. The molecule has 4 atom stereocenters.